The number of Topliss-reactive ketones (excluding diaryl/α,β-unsaturated/α-hetero) is 1. The first-order chi connectivity index (χ1) is 8.54. The van der Waals surface area contributed by atoms with Crippen molar-refractivity contribution in [2.75, 3.05) is 0 Å². The van der Waals surface area contributed by atoms with E-state index in [0.717, 1.165) is 18.5 Å². The van der Waals surface area contributed by atoms with E-state index >= 15 is 0 Å². The van der Waals surface area contributed by atoms with Gasteiger partial charge in [0.05, 0.1) is 11.3 Å². The number of ketones is 1. The van der Waals surface area contributed by atoms with Crippen LogP contribution in [0.25, 0.3) is 0 Å². The average molecular weight is 241 g/mol. The largest absolute Gasteiger partial charge is 0.293 e. The van der Waals surface area contributed by atoms with Crippen LogP contribution in [-0.2, 0) is 23.7 Å². The Morgan fingerprint density at radius 3 is 3.11 bits per heavy atom. The molecule has 4 heteroatoms. The zero-order valence-corrected chi connectivity index (χ0v) is 10.6. The van der Waals surface area contributed by atoms with Crippen LogP contribution in [0, 0.1) is 17.2 Å². The summed E-state index contributed by atoms with van der Waals surface area (Å²) in [6.45, 7) is 2.10. The third-order valence-electron chi connectivity index (χ3n) is 4.32. The second-order valence-electron chi connectivity index (χ2n) is 5.49. The topological polar surface area (TPSA) is 58.7 Å². The maximum absolute atomic E-state index is 11.8. The Hall–Kier alpha value is -1.89. The third-order valence-corrected chi connectivity index (χ3v) is 4.32. The van der Waals surface area contributed by atoms with Crippen LogP contribution in [0.4, 0.5) is 0 Å². The van der Waals surface area contributed by atoms with Crippen molar-refractivity contribution in [3.8, 4) is 6.07 Å². The number of carbonyl (C=O) groups excluding carboxylic acids is 1. The maximum atomic E-state index is 11.8. The Kier molecular flexibility index (Phi) is 2.21. The van der Waals surface area contributed by atoms with E-state index in [0.29, 0.717) is 12.0 Å². The molecule has 2 unspecified atom stereocenters. The highest BCUT2D eigenvalue weighted by Crippen LogP contribution is 2.46. The van der Waals surface area contributed by atoms with Crippen molar-refractivity contribution in [1.82, 2.24) is 9.78 Å². The highest BCUT2D eigenvalue weighted by atomic mass is 16.1. The standard InChI is InChI=1S/C14H15N3O/c1-14-6-10(7-15)12(18)5-11(14)4-3-9-8-17(2)16-13(9)14/h6,8,11H,3-5H2,1-2H3. The Bertz CT molecular complexity index is 605. The van der Waals surface area contributed by atoms with Gasteiger partial charge in [0.1, 0.15) is 6.07 Å². The summed E-state index contributed by atoms with van der Waals surface area (Å²) in [6.07, 6.45) is 6.34. The Morgan fingerprint density at radius 1 is 1.61 bits per heavy atom. The molecule has 0 saturated carbocycles. The van der Waals surface area contributed by atoms with Crippen molar-refractivity contribution in [3.05, 3.63) is 29.1 Å². The molecule has 4 nitrogen and oxygen atoms in total. The van der Waals surface area contributed by atoms with Gasteiger partial charge < -0.3 is 0 Å². The minimum Gasteiger partial charge on any atom is -0.293 e. The molecule has 0 amide bonds. The fourth-order valence-corrected chi connectivity index (χ4v) is 3.31. The van der Waals surface area contributed by atoms with Gasteiger partial charge in [0.15, 0.2) is 5.78 Å². The van der Waals surface area contributed by atoms with Gasteiger partial charge >= 0.3 is 0 Å². The first kappa shape index (κ1) is 11.2. The van der Waals surface area contributed by atoms with Crippen molar-refractivity contribution in [2.24, 2.45) is 13.0 Å². The smallest absolute Gasteiger partial charge is 0.173 e. The van der Waals surface area contributed by atoms with Gasteiger partial charge in [0.25, 0.3) is 0 Å². The van der Waals surface area contributed by atoms with Gasteiger partial charge in [-0.25, -0.2) is 0 Å². The van der Waals surface area contributed by atoms with Crippen molar-refractivity contribution < 1.29 is 4.79 Å². The monoisotopic (exact) mass is 241 g/mol. The molecule has 0 N–H and O–H groups in total. The van der Waals surface area contributed by atoms with Crippen LogP contribution in [0.2, 0.25) is 0 Å². The number of aromatic nitrogens is 2. The summed E-state index contributed by atoms with van der Waals surface area (Å²) < 4.78 is 1.83. The van der Waals surface area contributed by atoms with Crippen LogP contribution in [0.3, 0.4) is 0 Å². The summed E-state index contributed by atoms with van der Waals surface area (Å²) in [4.78, 5) is 11.8. The minimum absolute atomic E-state index is 0.0145. The summed E-state index contributed by atoms with van der Waals surface area (Å²) in [5.74, 6) is 0.267. The number of carbonyl (C=O) groups is 1. The number of hydrogen-bond donors (Lipinski definition) is 0. The summed E-state index contributed by atoms with van der Waals surface area (Å²) in [5.41, 5.74) is 2.33. The second-order valence-corrected chi connectivity index (χ2v) is 5.49. The molecule has 2 aliphatic rings. The van der Waals surface area contributed by atoms with Crippen molar-refractivity contribution in [1.29, 1.82) is 5.26 Å². The molecule has 2 atom stereocenters. The molecule has 3 rings (SSSR count). The molecule has 0 aliphatic heterocycles. The predicted molar refractivity (Wildman–Crippen MR) is 65.7 cm³/mol. The second kappa shape index (κ2) is 3.55. The molecule has 0 aromatic carbocycles. The van der Waals surface area contributed by atoms with E-state index in [-0.39, 0.29) is 17.1 Å². The molecular weight excluding hydrogens is 226 g/mol. The summed E-state index contributed by atoms with van der Waals surface area (Å²) >= 11 is 0. The predicted octanol–water partition coefficient (Wildman–Crippen LogP) is 1.66. The summed E-state index contributed by atoms with van der Waals surface area (Å²) in [5, 5.41) is 13.6. The van der Waals surface area contributed by atoms with E-state index in [1.54, 1.807) is 0 Å². The van der Waals surface area contributed by atoms with Gasteiger partial charge in [-0.2, -0.15) is 10.4 Å². The Labute approximate surface area is 106 Å². The van der Waals surface area contributed by atoms with Crippen LogP contribution in [-0.4, -0.2) is 15.6 Å². The van der Waals surface area contributed by atoms with Crippen molar-refractivity contribution in [3.63, 3.8) is 0 Å². The van der Waals surface area contributed by atoms with Crippen molar-refractivity contribution in [2.45, 2.75) is 31.6 Å². The molecule has 1 heterocycles. The normalized spacial score (nSPS) is 30.2. The van der Waals surface area contributed by atoms with E-state index in [1.807, 2.05) is 30.1 Å². The van der Waals surface area contributed by atoms with Gasteiger partial charge in [-0.15, -0.1) is 0 Å². The Balaban J connectivity index is 2.19. The lowest BCUT2D eigenvalue weighted by molar-refractivity contribution is -0.117. The van der Waals surface area contributed by atoms with Crippen LogP contribution in [0.1, 0.15) is 31.0 Å². The molecule has 92 valence electrons. The lowest BCUT2D eigenvalue weighted by atomic mass is 9.62. The van der Waals surface area contributed by atoms with Crippen LogP contribution < -0.4 is 0 Å². The van der Waals surface area contributed by atoms with E-state index < -0.39 is 0 Å². The number of aryl methyl sites for hydroxylation is 2. The average Bonchev–Trinajstić information content (AvgIpc) is 2.72. The van der Waals surface area contributed by atoms with E-state index in [9.17, 15) is 4.79 Å². The summed E-state index contributed by atoms with van der Waals surface area (Å²) in [6, 6.07) is 2.03. The molecule has 0 bridgehead atoms. The molecule has 1 aromatic heterocycles. The number of nitriles is 1. The third kappa shape index (κ3) is 1.37. The fraction of sp³-hybridized carbons (Fsp3) is 0.500. The lowest BCUT2D eigenvalue weighted by Gasteiger charge is -2.40. The quantitative estimate of drug-likeness (QED) is 0.694. The van der Waals surface area contributed by atoms with E-state index in [1.165, 1.54) is 5.56 Å². The molecule has 0 spiro atoms. The van der Waals surface area contributed by atoms with Gasteiger partial charge in [0.2, 0.25) is 0 Å². The Morgan fingerprint density at radius 2 is 2.39 bits per heavy atom. The highest BCUT2D eigenvalue weighted by molar-refractivity contribution is 6.00. The minimum atomic E-state index is -0.256. The number of fused-ring (bicyclic) bond motifs is 3. The number of allylic oxidation sites excluding steroid dienone is 2. The number of hydrogen-bond acceptors (Lipinski definition) is 3. The summed E-state index contributed by atoms with van der Waals surface area (Å²) in [7, 11) is 1.92. The molecule has 2 aliphatic carbocycles. The molecule has 0 saturated heterocycles. The van der Waals surface area contributed by atoms with E-state index in [4.69, 9.17) is 5.26 Å². The lowest BCUT2D eigenvalue weighted by Crippen LogP contribution is -2.40. The van der Waals surface area contributed by atoms with Crippen LogP contribution in [0.15, 0.2) is 17.8 Å². The van der Waals surface area contributed by atoms with Crippen LogP contribution >= 0.6 is 0 Å². The number of nitrogens with zero attached hydrogens (tertiary/aromatic N) is 3. The van der Waals surface area contributed by atoms with Gasteiger partial charge in [-0.05, 0) is 24.3 Å². The van der Waals surface area contributed by atoms with E-state index in [2.05, 4.69) is 12.0 Å². The highest BCUT2D eigenvalue weighted by Gasteiger charge is 2.45. The first-order valence-electron chi connectivity index (χ1n) is 6.24. The maximum Gasteiger partial charge on any atom is 0.173 e. The van der Waals surface area contributed by atoms with Crippen LogP contribution in [0.5, 0.6) is 0 Å². The van der Waals surface area contributed by atoms with Gasteiger partial charge in [-0.1, -0.05) is 13.0 Å². The molecule has 1 aromatic rings. The molecule has 0 radical (unpaired) electrons. The zero-order valence-electron chi connectivity index (χ0n) is 10.6. The SMILES string of the molecule is Cn1cc2c(n1)C1(C)C=C(C#N)C(=O)CC1CC2. The first-order valence-corrected chi connectivity index (χ1v) is 6.24. The van der Waals surface area contributed by atoms with Crippen molar-refractivity contribution >= 4 is 5.78 Å². The number of rotatable bonds is 0. The zero-order chi connectivity index (χ0) is 12.9. The molecule has 0 fully saturated rings. The molecular formula is C14H15N3O. The van der Waals surface area contributed by atoms with Gasteiger partial charge in [-0.3, -0.25) is 9.48 Å². The fourth-order valence-electron chi connectivity index (χ4n) is 3.31. The molecule has 18 heavy (non-hydrogen) atoms. The van der Waals surface area contributed by atoms with Gasteiger partial charge in [0, 0.05) is 25.1 Å².